The molecule has 1 aliphatic heterocycles. The van der Waals surface area contributed by atoms with Gasteiger partial charge >= 0.3 is 0 Å². The van der Waals surface area contributed by atoms with Gasteiger partial charge in [0.15, 0.2) is 11.5 Å². The first kappa shape index (κ1) is 16.1. The molecule has 1 aliphatic rings. The number of nitrogens with zero attached hydrogens (tertiary/aromatic N) is 2. The molecule has 1 atom stereocenters. The van der Waals surface area contributed by atoms with Crippen LogP contribution >= 0.6 is 0 Å². The second-order valence-corrected chi connectivity index (χ2v) is 7.36. The van der Waals surface area contributed by atoms with Gasteiger partial charge in [-0.15, -0.1) is 0 Å². The van der Waals surface area contributed by atoms with Crippen LogP contribution < -0.4 is 9.47 Å². The maximum absolute atomic E-state index is 12.2. The lowest BCUT2D eigenvalue weighted by Crippen LogP contribution is -2.38. The molecule has 0 bridgehead atoms. The van der Waals surface area contributed by atoms with Crippen LogP contribution in [-0.4, -0.2) is 58.4 Å². The van der Waals surface area contributed by atoms with E-state index in [0.29, 0.717) is 24.6 Å². The first-order valence-corrected chi connectivity index (χ1v) is 8.20. The Morgan fingerprint density at radius 2 is 1.95 bits per heavy atom. The molecule has 1 aromatic carbocycles. The molecule has 0 aliphatic carbocycles. The molecule has 0 aromatic heterocycles. The van der Waals surface area contributed by atoms with Crippen molar-refractivity contribution in [3.63, 3.8) is 0 Å². The summed E-state index contributed by atoms with van der Waals surface area (Å²) < 4.78 is 37.9. The fraction of sp³-hybridized carbons (Fsp3) is 0.571. The third-order valence-electron chi connectivity index (χ3n) is 3.81. The predicted molar refractivity (Wildman–Crippen MR) is 81.1 cm³/mol. The van der Waals surface area contributed by atoms with Gasteiger partial charge in [0.2, 0.25) is 0 Å². The van der Waals surface area contributed by atoms with E-state index < -0.39 is 10.2 Å². The molecule has 0 N–H and O–H groups in total. The Morgan fingerprint density at radius 3 is 2.52 bits per heavy atom. The van der Waals surface area contributed by atoms with E-state index in [2.05, 4.69) is 0 Å². The van der Waals surface area contributed by atoms with Crippen molar-refractivity contribution in [1.82, 2.24) is 8.61 Å². The fourth-order valence-corrected chi connectivity index (χ4v) is 3.82. The second kappa shape index (κ2) is 6.21. The molecule has 1 heterocycles. The van der Waals surface area contributed by atoms with Gasteiger partial charge in [0.05, 0.1) is 14.2 Å². The SMILES string of the molecule is COc1cccc([C@@H]2CCN(S(=O)(=O)N(C)C)C2)c1OC. The van der Waals surface area contributed by atoms with Crippen LogP contribution in [0.3, 0.4) is 0 Å². The van der Waals surface area contributed by atoms with Gasteiger partial charge in [-0.3, -0.25) is 0 Å². The van der Waals surface area contributed by atoms with E-state index in [9.17, 15) is 8.42 Å². The van der Waals surface area contributed by atoms with Crippen LogP contribution in [0.1, 0.15) is 17.9 Å². The van der Waals surface area contributed by atoms with Crippen molar-refractivity contribution in [2.24, 2.45) is 0 Å². The van der Waals surface area contributed by atoms with Crippen LogP contribution in [0.4, 0.5) is 0 Å². The maximum Gasteiger partial charge on any atom is 0.281 e. The van der Waals surface area contributed by atoms with E-state index in [1.165, 1.54) is 8.61 Å². The van der Waals surface area contributed by atoms with Crippen molar-refractivity contribution >= 4 is 10.2 Å². The number of hydrogen-bond acceptors (Lipinski definition) is 4. The monoisotopic (exact) mass is 314 g/mol. The topological polar surface area (TPSA) is 59.1 Å². The first-order valence-electron chi connectivity index (χ1n) is 6.80. The van der Waals surface area contributed by atoms with E-state index >= 15 is 0 Å². The zero-order valence-electron chi connectivity index (χ0n) is 12.9. The zero-order valence-corrected chi connectivity index (χ0v) is 13.7. The summed E-state index contributed by atoms with van der Waals surface area (Å²) in [5.74, 6) is 1.47. The van der Waals surface area contributed by atoms with Gasteiger partial charge in [-0.05, 0) is 12.5 Å². The first-order chi connectivity index (χ1) is 9.91. The minimum absolute atomic E-state index is 0.116. The number of hydrogen-bond donors (Lipinski definition) is 0. The highest BCUT2D eigenvalue weighted by atomic mass is 32.2. The quantitative estimate of drug-likeness (QED) is 0.822. The third-order valence-corrected chi connectivity index (χ3v) is 5.72. The normalized spacial score (nSPS) is 20.0. The Kier molecular flexibility index (Phi) is 4.75. The molecular formula is C14H22N2O4S. The summed E-state index contributed by atoms with van der Waals surface area (Å²) in [5, 5.41) is 0. The molecule has 1 fully saturated rings. The molecule has 118 valence electrons. The molecule has 0 amide bonds. The zero-order chi connectivity index (χ0) is 15.6. The Morgan fingerprint density at radius 1 is 1.24 bits per heavy atom. The van der Waals surface area contributed by atoms with E-state index in [1.807, 2.05) is 18.2 Å². The Labute approximate surface area is 126 Å². The van der Waals surface area contributed by atoms with Gasteiger partial charge in [-0.25, -0.2) is 0 Å². The van der Waals surface area contributed by atoms with Crippen LogP contribution in [0.5, 0.6) is 11.5 Å². The average molecular weight is 314 g/mol. The van der Waals surface area contributed by atoms with Gasteiger partial charge < -0.3 is 9.47 Å². The van der Waals surface area contributed by atoms with E-state index in [0.717, 1.165) is 12.0 Å². The second-order valence-electron chi connectivity index (χ2n) is 5.22. The van der Waals surface area contributed by atoms with E-state index in [4.69, 9.17) is 9.47 Å². The molecule has 0 saturated carbocycles. The van der Waals surface area contributed by atoms with Crippen LogP contribution in [0.2, 0.25) is 0 Å². The van der Waals surface area contributed by atoms with Gasteiger partial charge in [0, 0.05) is 38.7 Å². The number of para-hydroxylation sites is 1. The molecule has 2 rings (SSSR count). The highest BCUT2D eigenvalue weighted by molar-refractivity contribution is 7.86. The number of ether oxygens (including phenoxy) is 2. The molecule has 0 spiro atoms. The summed E-state index contributed by atoms with van der Waals surface area (Å²) in [6, 6.07) is 5.71. The Balaban J connectivity index is 2.27. The number of methoxy groups -OCH3 is 2. The highest BCUT2D eigenvalue weighted by Crippen LogP contribution is 2.39. The molecule has 7 heteroatoms. The third kappa shape index (κ3) is 3.00. The lowest BCUT2D eigenvalue weighted by molar-refractivity contribution is 0.349. The summed E-state index contributed by atoms with van der Waals surface area (Å²) in [7, 11) is 2.94. The molecular weight excluding hydrogens is 292 g/mol. The fourth-order valence-electron chi connectivity index (χ4n) is 2.66. The van der Waals surface area contributed by atoms with Crippen molar-refractivity contribution < 1.29 is 17.9 Å². The van der Waals surface area contributed by atoms with Gasteiger partial charge in [0.25, 0.3) is 10.2 Å². The van der Waals surface area contributed by atoms with Crippen molar-refractivity contribution in [2.45, 2.75) is 12.3 Å². The van der Waals surface area contributed by atoms with Crippen LogP contribution in [-0.2, 0) is 10.2 Å². The standard InChI is InChI=1S/C14H22N2O4S/c1-15(2)21(17,18)16-9-8-11(10-16)12-6-5-7-13(19-3)14(12)20-4/h5-7,11H,8-10H2,1-4H3/t11-/m1/s1. The maximum atomic E-state index is 12.2. The smallest absolute Gasteiger partial charge is 0.281 e. The molecule has 0 radical (unpaired) electrons. The summed E-state index contributed by atoms with van der Waals surface area (Å²) in [5.41, 5.74) is 0.994. The van der Waals surface area contributed by atoms with Gasteiger partial charge in [-0.1, -0.05) is 12.1 Å². The lowest BCUT2D eigenvalue weighted by atomic mass is 9.97. The summed E-state index contributed by atoms with van der Waals surface area (Å²) in [6.07, 6.45) is 0.774. The summed E-state index contributed by atoms with van der Waals surface area (Å²) >= 11 is 0. The average Bonchev–Trinajstić information content (AvgIpc) is 2.96. The molecule has 1 saturated heterocycles. The van der Waals surface area contributed by atoms with E-state index in [1.54, 1.807) is 28.3 Å². The predicted octanol–water partition coefficient (Wildman–Crippen LogP) is 1.30. The highest BCUT2D eigenvalue weighted by Gasteiger charge is 2.34. The molecule has 21 heavy (non-hydrogen) atoms. The van der Waals surface area contributed by atoms with Crippen molar-refractivity contribution in [3.8, 4) is 11.5 Å². The van der Waals surface area contributed by atoms with Gasteiger partial charge in [0.1, 0.15) is 0 Å². The van der Waals surface area contributed by atoms with Crippen molar-refractivity contribution in [3.05, 3.63) is 23.8 Å². The molecule has 0 unspecified atom stereocenters. The van der Waals surface area contributed by atoms with Crippen LogP contribution in [0.25, 0.3) is 0 Å². The Hall–Kier alpha value is -1.31. The Bertz CT molecular complexity index is 601. The summed E-state index contributed by atoms with van der Waals surface area (Å²) in [6.45, 7) is 0.982. The minimum Gasteiger partial charge on any atom is -0.493 e. The largest absolute Gasteiger partial charge is 0.493 e. The minimum atomic E-state index is -3.36. The molecule has 6 nitrogen and oxygen atoms in total. The van der Waals surface area contributed by atoms with Crippen molar-refractivity contribution in [1.29, 1.82) is 0 Å². The van der Waals surface area contributed by atoms with Gasteiger partial charge in [-0.2, -0.15) is 17.0 Å². The van der Waals surface area contributed by atoms with Crippen LogP contribution in [0.15, 0.2) is 18.2 Å². The molecule has 1 aromatic rings. The lowest BCUT2D eigenvalue weighted by Gasteiger charge is -2.21. The van der Waals surface area contributed by atoms with E-state index in [-0.39, 0.29) is 5.92 Å². The van der Waals surface area contributed by atoms with Crippen LogP contribution in [0, 0.1) is 0 Å². The number of rotatable bonds is 5. The number of benzene rings is 1. The van der Waals surface area contributed by atoms with Crippen molar-refractivity contribution in [2.75, 3.05) is 41.4 Å². The summed E-state index contributed by atoms with van der Waals surface area (Å²) in [4.78, 5) is 0.